The van der Waals surface area contributed by atoms with Gasteiger partial charge in [0.2, 0.25) is 0 Å². The molecule has 2 nitrogen and oxygen atoms in total. The van der Waals surface area contributed by atoms with Crippen LogP contribution in [0.1, 0.15) is 43.1 Å². The van der Waals surface area contributed by atoms with Crippen molar-refractivity contribution < 1.29 is 5.11 Å². The Morgan fingerprint density at radius 2 is 1.83 bits per heavy atom. The highest BCUT2D eigenvalue weighted by atomic mass is 16.3. The number of nitrogens with zero attached hydrogens (tertiary/aromatic N) is 1. The Bertz CT molecular complexity index is 405. The molecule has 0 radical (unpaired) electrons. The van der Waals surface area contributed by atoms with Gasteiger partial charge in [-0.3, -0.25) is 4.90 Å². The number of benzene rings is 1. The van der Waals surface area contributed by atoms with Gasteiger partial charge >= 0.3 is 0 Å². The van der Waals surface area contributed by atoms with Gasteiger partial charge in [-0.05, 0) is 37.8 Å². The maximum atomic E-state index is 10.4. The zero-order chi connectivity index (χ0) is 13.3. The molecular weight excluding hydrogens is 222 g/mol. The summed E-state index contributed by atoms with van der Waals surface area (Å²) < 4.78 is 0. The van der Waals surface area contributed by atoms with Gasteiger partial charge in [-0.25, -0.2) is 0 Å². The number of rotatable bonds is 3. The maximum absolute atomic E-state index is 10.4. The Balaban J connectivity index is 2.01. The van der Waals surface area contributed by atoms with E-state index in [4.69, 9.17) is 0 Å². The minimum absolute atomic E-state index is 0.363. The van der Waals surface area contributed by atoms with Crippen molar-refractivity contribution in [2.45, 2.75) is 40.2 Å². The molecule has 0 bridgehead atoms. The van der Waals surface area contributed by atoms with Crippen molar-refractivity contribution in [1.82, 2.24) is 4.90 Å². The molecule has 2 heteroatoms. The largest absolute Gasteiger partial charge is 0.387 e. The van der Waals surface area contributed by atoms with E-state index in [-0.39, 0.29) is 6.10 Å². The standard InChI is InChI=1S/C16H25NO/c1-12-7-13(2)9-14(8-12)15(18)10-17-6-5-16(3,4)11-17/h7-9,15,18H,5-6,10-11H2,1-4H3. The van der Waals surface area contributed by atoms with Crippen LogP contribution in [-0.2, 0) is 0 Å². The van der Waals surface area contributed by atoms with Crippen molar-refractivity contribution >= 4 is 0 Å². The molecule has 0 spiro atoms. The predicted octanol–water partition coefficient (Wildman–Crippen LogP) is 3.07. The summed E-state index contributed by atoms with van der Waals surface area (Å²) in [7, 11) is 0. The molecule has 1 heterocycles. The molecule has 18 heavy (non-hydrogen) atoms. The SMILES string of the molecule is Cc1cc(C)cc(C(O)CN2CCC(C)(C)C2)c1. The van der Waals surface area contributed by atoms with E-state index in [2.05, 4.69) is 50.8 Å². The highest BCUT2D eigenvalue weighted by molar-refractivity contribution is 5.30. The number of aliphatic hydroxyl groups is 1. The van der Waals surface area contributed by atoms with Crippen molar-refractivity contribution in [3.05, 3.63) is 34.9 Å². The number of hydrogen-bond acceptors (Lipinski definition) is 2. The molecule has 0 aliphatic carbocycles. The summed E-state index contributed by atoms with van der Waals surface area (Å²) in [5.74, 6) is 0. The van der Waals surface area contributed by atoms with Crippen LogP contribution < -0.4 is 0 Å². The number of hydrogen-bond donors (Lipinski definition) is 1. The number of aliphatic hydroxyl groups excluding tert-OH is 1. The molecule has 1 unspecified atom stereocenters. The number of aryl methyl sites for hydroxylation is 2. The maximum Gasteiger partial charge on any atom is 0.0917 e. The van der Waals surface area contributed by atoms with Crippen LogP contribution in [0.25, 0.3) is 0 Å². The van der Waals surface area contributed by atoms with Crippen molar-refractivity contribution in [2.24, 2.45) is 5.41 Å². The molecule has 1 saturated heterocycles. The molecular formula is C16H25NO. The average Bonchev–Trinajstić information content (AvgIpc) is 2.56. The van der Waals surface area contributed by atoms with E-state index < -0.39 is 0 Å². The van der Waals surface area contributed by atoms with Crippen LogP contribution in [0.5, 0.6) is 0 Å². The van der Waals surface area contributed by atoms with Crippen LogP contribution in [0.4, 0.5) is 0 Å². The van der Waals surface area contributed by atoms with E-state index in [1.165, 1.54) is 17.5 Å². The second-order valence-electron chi connectivity index (χ2n) is 6.59. The van der Waals surface area contributed by atoms with Gasteiger partial charge < -0.3 is 5.11 Å². The Labute approximate surface area is 111 Å². The zero-order valence-corrected chi connectivity index (χ0v) is 12.0. The normalized spacial score (nSPS) is 21.2. The van der Waals surface area contributed by atoms with Crippen LogP contribution in [0.3, 0.4) is 0 Å². The molecule has 1 aromatic rings. The summed E-state index contributed by atoms with van der Waals surface area (Å²) in [5.41, 5.74) is 3.91. The third-order valence-electron chi connectivity index (χ3n) is 3.82. The first kappa shape index (κ1) is 13.6. The van der Waals surface area contributed by atoms with Crippen LogP contribution in [0, 0.1) is 19.3 Å². The lowest BCUT2D eigenvalue weighted by Crippen LogP contribution is -2.28. The van der Waals surface area contributed by atoms with Crippen molar-refractivity contribution in [1.29, 1.82) is 0 Å². The molecule has 100 valence electrons. The third kappa shape index (κ3) is 3.33. The van der Waals surface area contributed by atoms with Crippen molar-refractivity contribution in [3.8, 4) is 0 Å². The molecule has 1 N–H and O–H groups in total. The fraction of sp³-hybridized carbons (Fsp3) is 0.625. The first-order valence-electron chi connectivity index (χ1n) is 6.84. The van der Waals surface area contributed by atoms with Gasteiger partial charge in [0.25, 0.3) is 0 Å². The van der Waals surface area contributed by atoms with Gasteiger partial charge in [0.15, 0.2) is 0 Å². The predicted molar refractivity (Wildman–Crippen MR) is 75.7 cm³/mol. The van der Waals surface area contributed by atoms with E-state index in [1.54, 1.807) is 0 Å². The molecule has 0 aromatic heterocycles. The minimum Gasteiger partial charge on any atom is -0.387 e. The molecule has 0 saturated carbocycles. The lowest BCUT2D eigenvalue weighted by Gasteiger charge is -2.23. The third-order valence-corrected chi connectivity index (χ3v) is 3.82. The smallest absolute Gasteiger partial charge is 0.0917 e. The summed E-state index contributed by atoms with van der Waals surface area (Å²) in [6.07, 6.45) is 0.865. The summed E-state index contributed by atoms with van der Waals surface area (Å²) >= 11 is 0. The van der Waals surface area contributed by atoms with E-state index in [9.17, 15) is 5.11 Å². The van der Waals surface area contributed by atoms with Gasteiger partial charge in [-0.1, -0.05) is 43.2 Å². The van der Waals surface area contributed by atoms with Crippen LogP contribution in [-0.4, -0.2) is 29.6 Å². The topological polar surface area (TPSA) is 23.5 Å². The lowest BCUT2D eigenvalue weighted by atomic mass is 9.93. The second kappa shape index (κ2) is 5.02. The summed E-state index contributed by atoms with van der Waals surface area (Å²) in [6, 6.07) is 6.34. The lowest BCUT2D eigenvalue weighted by molar-refractivity contribution is 0.121. The molecule has 1 aromatic carbocycles. The molecule has 1 aliphatic rings. The van der Waals surface area contributed by atoms with Crippen LogP contribution in [0.15, 0.2) is 18.2 Å². The molecule has 0 amide bonds. The molecule has 2 rings (SSSR count). The summed E-state index contributed by atoms with van der Waals surface area (Å²) in [4.78, 5) is 2.38. The highest BCUT2D eigenvalue weighted by Gasteiger charge is 2.30. The average molecular weight is 247 g/mol. The quantitative estimate of drug-likeness (QED) is 0.887. The summed E-state index contributed by atoms with van der Waals surface area (Å²) in [6.45, 7) is 11.7. The Morgan fingerprint density at radius 3 is 2.33 bits per heavy atom. The van der Waals surface area contributed by atoms with Gasteiger partial charge in [0.05, 0.1) is 6.10 Å². The van der Waals surface area contributed by atoms with Crippen LogP contribution in [0.2, 0.25) is 0 Å². The molecule has 1 aliphatic heterocycles. The van der Waals surface area contributed by atoms with Gasteiger partial charge in [0, 0.05) is 13.1 Å². The first-order valence-corrected chi connectivity index (χ1v) is 6.84. The fourth-order valence-electron chi connectivity index (χ4n) is 2.93. The van der Waals surface area contributed by atoms with Gasteiger partial charge in [0.1, 0.15) is 0 Å². The zero-order valence-electron chi connectivity index (χ0n) is 12.0. The van der Waals surface area contributed by atoms with E-state index in [0.717, 1.165) is 25.2 Å². The minimum atomic E-state index is -0.363. The second-order valence-corrected chi connectivity index (χ2v) is 6.59. The Hall–Kier alpha value is -0.860. The highest BCUT2D eigenvalue weighted by Crippen LogP contribution is 2.30. The van der Waals surface area contributed by atoms with Gasteiger partial charge in [-0.15, -0.1) is 0 Å². The molecule has 1 atom stereocenters. The van der Waals surface area contributed by atoms with Crippen LogP contribution >= 0.6 is 0 Å². The van der Waals surface area contributed by atoms with Gasteiger partial charge in [-0.2, -0.15) is 0 Å². The van der Waals surface area contributed by atoms with Crippen molar-refractivity contribution in [3.63, 3.8) is 0 Å². The Kier molecular flexibility index (Phi) is 3.79. The summed E-state index contributed by atoms with van der Waals surface area (Å²) in [5, 5.41) is 10.4. The fourth-order valence-corrected chi connectivity index (χ4v) is 2.93. The van der Waals surface area contributed by atoms with E-state index >= 15 is 0 Å². The van der Waals surface area contributed by atoms with Crippen molar-refractivity contribution in [2.75, 3.05) is 19.6 Å². The number of likely N-dealkylation sites (tertiary alicyclic amines) is 1. The van der Waals surface area contributed by atoms with E-state index in [1.807, 2.05) is 0 Å². The van der Waals surface area contributed by atoms with E-state index in [0.29, 0.717) is 5.41 Å². The Morgan fingerprint density at radius 1 is 1.22 bits per heavy atom. The first-order chi connectivity index (χ1) is 8.35. The molecule has 1 fully saturated rings. The monoisotopic (exact) mass is 247 g/mol. The number of β-amino-alcohol motifs (C(OH)–C–C–N with tert-alkyl or cyclic N) is 1.